The summed E-state index contributed by atoms with van der Waals surface area (Å²) in [5, 5.41) is 13.4. The molecule has 2 nitrogen and oxygen atoms in total. The summed E-state index contributed by atoms with van der Waals surface area (Å²) in [6.45, 7) is 5.80. The summed E-state index contributed by atoms with van der Waals surface area (Å²) in [7, 11) is 0. The average molecular weight is 228 g/mol. The van der Waals surface area contributed by atoms with Crippen molar-refractivity contribution in [3.63, 3.8) is 0 Å². The fourth-order valence-electron chi connectivity index (χ4n) is 1.41. The van der Waals surface area contributed by atoms with Crippen molar-refractivity contribution in [2.75, 3.05) is 0 Å². The lowest BCUT2D eigenvalue weighted by molar-refractivity contribution is 0.147. The molecule has 0 amide bonds. The minimum absolute atomic E-state index is 0.0685. The summed E-state index contributed by atoms with van der Waals surface area (Å²) >= 11 is 5.91. The van der Waals surface area contributed by atoms with E-state index < -0.39 is 0 Å². The van der Waals surface area contributed by atoms with Gasteiger partial charge in [-0.15, -0.1) is 0 Å². The van der Waals surface area contributed by atoms with E-state index >= 15 is 0 Å². The minimum Gasteiger partial charge on any atom is -0.392 e. The first-order valence-electron chi connectivity index (χ1n) is 5.20. The number of rotatable bonds is 4. The molecule has 0 spiro atoms. The molecule has 0 aliphatic carbocycles. The highest BCUT2D eigenvalue weighted by molar-refractivity contribution is 6.30. The Morgan fingerprint density at radius 3 is 2.47 bits per heavy atom. The van der Waals surface area contributed by atoms with Crippen LogP contribution in [0.4, 0.5) is 0 Å². The molecule has 0 aliphatic heterocycles. The average Bonchev–Trinajstić information content (AvgIpc) is 2.17. The summed E-state index contributed by atoms with van der Waals surface area (Å²) in [6.07, 6.45) is -0.355. The lowest BCUT2D eigenvalue weighted by atomic mass is 10.1. The molecular formula is C12H18ClNO. The molecule has 1 aromatic carbocycles. The van der Waals surface area contributed by atoms with Crippen LogP contribution in [0.3, 0.4) is 0 Å². The molecular weight excluding hydrogens is 210 g/mol. The van der Waals surface area contributed by atoms with E-state index in [0.717, 1.165) is 10.6 Å². The second-order valence-electron chi connectivity index (χ2n) is 3.97. The summed E-state index contributed by atoms with van der Waals surface area (Å²) in [5.41, 5.74) is 1.13. The summed E-state index contributed by atoms with van der Waals surface area (Å²) in [6, 6.07) is 8.01. The van der Waals surface area contributed by atoms with Crippen molar-refractivity contribution in [1.29, 1.82) is 0 Å². The Balaban J connectivity index is 2.64. The maximum Gasteiger partial charge on any atom is 0.0662 e. The van der Waals surface area contributed by atoms with E-state index in [-0.39, 0.29) is 18.2 Å². The lowest BCUT2D eigenvalue weighted by Gasteiger charge is -2.22. The maximum atomic E-state index is 9.38. The SMILES string of the molecule is CC(O)C(C)N[C@H](C)c1cccc(Cl)c1. The van der Waals surface area contributed by atoms with E-state index in [1.54, 1.807) is 6.92 Å². The standard InChI is InChI=1S/C12H18ClNO/c1-8(10(3)15)14-9(2)11-5-4-6-12(13)7-11/h4-10,14-15H,1-3H3/t8?,9-,10?/m1/s1. The van der Waals surface area contributed by atoms with E-state index in [1.807, 2.05) is 31.2 Å². The van der Waals surface area contributed by atoms with Crippen molar-refractivity contribution >= 4 is 11.6 Å². The molecule has 2 unspecified atom stereocenters. The molecule has 0 fully saturated rings. The van der Waals surface area contributed by atoms with E-state index in [9.17, 15) is 5.11 Å². The van der Waals surface area contributed by atoms with Crippen LogP contribution in [0, 0.1) is 0 Å². The zero-order valence-corrected chi connectivity index (χ0v) is 10.1. The fraction of sp³-hybridized carbons (Fsp3) is 0.500. The van der Waals surface area contributed by atoms with E-state index in [1.165, 1.54) is 0 Å². The molecule has 84 valence electrons. The second kappa shape index (κ2) is 5.50. The van der Waals surface area contributed by atoms with Gasteiger partial charge in [-0.25, -0.2) is 0 Å². The Hall–Kier alpha value is -0.570. The Morgan fingerprint density at radius 2 is 1.93 bits per heavy atom. The van der Waals surface area contributed by atoms with Gasteiger partial charge in [0.25, 0.3) is 0 Å². The van der Waals surface area contributed by atoms with Crippen LogP contribution in [0.15, 0.2) is 24.3 Å². The Morgan fingerprint density at radius 1 is 1.27 bits per heavy atom. The Labute approximate surface area is 96.3 Å². The van der Waals surface area contributed by atoms with Crippen LogP contribution in [-0.4, -0.2) is 17.3 Å². The molecule has 0 saturated heterocycles. The highest BCUT2D eigenvalue weighted by atomic mass is 35.5. The monoisotopic (exact) mass is 227 g/mol. The quantitative estimate of drug-likeness (QED) is 0.829. The molecule has 3 heteroatoms. The molecule has 0 aliphatic rings. The van der Waals surface area contributed by atoms with E-state index in [2.05, 4.69) is 12.2 Å². The molecule has 0 aromatic heterocycles. The molecule has 3 atom stereocenters. The molecule has 15 heavy (non-hydrogen) atoms. The predicted molar refractivity (Wildman–Crippen MR) is 64.1 cm³/mol. The molecule has 0 radical (unpaired) electrons. The molecule has 2 N–H and O–H groups in total. The van der Waals surface area contributed by atoms with Gasteiger partial charge in [0.05, 0.1) is 6.10 Å². The van der Waals surface area contributed by atoms with E-state index in [4.69, 9.17) is 11.6 Å². The number of benzene rings is 1. The number of aliphatic hydroxyl groups excluding tert-OH is 1. The first-order valence-corrected chi connectivity index (χ1v) is 5.58. The van der Waals surface area contributed by atoms with Crippen molar-refractivity contribution in [1.82, 2.24) is 5.32 Å². The van der Waals surface area contributed by atoms with Gasteiger partial charge in [0, 0.05) is 17.1 Å². The van der Waals surface area contributed by atoms with Crippen LogP contribution in [0.1, 0.15) is 32.4 Å². The molecule has 0 bridgehead atoms. The summed E-state index contributed by atoms with van der Waals surface area (Å²) in [4.78, 5) is 0. The van der Waals surface area contributed by atoms with Gasteiger partial charge in [-0.1, -0.05) is 23.7 Å². The first-order chi connectivity index (χ1) is 7.00. The van der Waals surface area contributed by atoms with Gasteiger partial charge in [-0.3, -0.25) is 0 Å². The van der Waals surface area contributed by atoms with Crippen LogP contribution < -0.4 is 5.32 Å². The zero-order chi connectivity index (χ0) is 11.4. The van der Waals surface area contributed by atoms with Crippen LogP contribution >= 0.6 is 11.6 Å². The van der Waals surface area contributed by atoms with Gasteiger partial charge < -0.3 is 10.4 Å². The number of hydrogen-bond acceptors (Lipinski definition) is 2. The third-order valence-corrected chi connectivity index (χ3v) is 2.82. The zero-order valence-electron chi connectivity index (χ0n) is 9.37. The van der Waals surface area contributed by atoms with Crippen LogP contribution in [0.2, 0.25) is 5.02 Å². The number of aliphatic hydroxyl groups is 1. The van der Waals surface area contributed by atoms with Gasteiger partial charge in [-0.2, -0.15) is 0 Å². The van der Waals surface area contributed by atoms with Crippen molar-refractivity contribution in [3.05, 3.63) is 34.9 Å². The largest absolute Gasteiger partial charge is 0.392 e. The third-order valence-electron chi connectivity index (χ3n) is 2.59. The Bertz CT molecular complexity index is 314. The van der Waals surface area contributed by atoms with Crippen LogP contribution in [0.25, 0.3) is 0 Å². The van der Waals surface area contributed by atoms with Crippen molar-refractivity contribution in [3.8, 4) is 0 Å². The minimum atomic E-state index is -0.355. The van der Waals surface area contributed by atoms with Crippen molar-refractivity contribution in [2.24, 2.45) is 0 Å². The molecule has 0 saturated carbocycles. The lowest BCUT2D eigenvalue weighted by Crippen LogP contribution is -2.37. The molecule has 1 rings (SSSR count). The fourth-order valence-corrected chi connectivity index (χ4v) is 1.60. The first kappa shape index (κ1) is 12.5. The number of nitrogens with one attached hydrogen (secondary N) is 1. The Kier molecular flexibility index (Phi) is 4.58. The summed E-state index contributed by atoms with van der Waals surface area (Å²) in [5.74, 6) is 0. The van der Waals surface area contributed by atoms with Gasteiger partial charge in [0.15, 0.2) is 0 Å². The molecule has 0 heterocycles. The second-order valence-corrected chi connectivity index (χ2v) is 4.41. The topological polar surface area (TPSA) is 32.3 Å². The van der Waals surface area contributed by atoms with Gasteiger partial charge in [-0.05, 0) is 38.5 Å². The van der Waals surface area contributed by atoms with Gasteiger partial charge in [0.1, 0.15) is 0 Å². The predicted octanol–water partition coefficient (Wildman–Crippen LogP) is 2.76. The van der Waals surface area contributed by atoms with Crippen LogP contribution in [-0.2, 0) is 0 Å². The maximum absolute atomic E-state index is 9.38. The third kappa shape index (κ3) is 3.82. The highest BCUT2D eigenvalue weighted by Crippen LogP contribution is 2.18. The smallest absolute Gasteiger partial charge is 0.0662 e. The van der Waals surface area contributed by atoms with Crippen molar-refractivity contribution < 1.29 is 5.11 Å². The summed E-state index contributed by atoms with van der Waals surface area (Å²) < 4.78 is 0. The normalized spacial score (nSPS) is 17.1. The number of hydrogen-bond donors (Lipinski definition) is 2. The van der Waals surface area contributed by atoms with Gasteiger partial charge in [0.2, 0.25) is 0 Å². The molecule has 1 aromatic rings. The number of halogens is 1. The van der Waals surface area contributed by atoms with Gasteiger partial charge >= 0.3 is 0 Å². The van der Waals surface area contributed by atoms with E-state index in [0.29, 0.717) is 0 Å². The van der Waals surface area contributed by atoms with Crippen molar-refractivity contribution in [2.45, 2.75) is 39.0 Å². The van der Waals surface area contributed by atoms with Crippen LogP contribution in [0.5, 0.6) is 0 Å². The highest BCUT2D eigenvalue weighted by Gasteiger charge is 2.13.